The summed E-state index contributed by atoms with van der Waals surface area (Å²) in [5.41, 5.74) is 0.888. The van der Waals surface area contributed by atoms with Crippen LogP contribution in [0.25, 0.3) is 0 Å². The molecule has 0 bridgehead atoms. The van der Waals surface area contributed by atoms with Crippen LogP contribution in [0.5, 0.6) is 5.75 Å². The zero-order chi connectivity index (χ0) is 17.0. The Bertz CT molecular complexity index is 561. The van der Waals surface area contributed by atoms with Crippen molar-refractivity contribution < 1.29 is 14.3 Å². The zero-order valence-corrected chi connectivity index (χ0v) is 14.3. The number of nitrogens with one attached hydrogen (secondary N) is 2. The number of ether oxygens (including phenoxy) is 1. The number of carbonyl (C=O) groups excluding carboxylic acids is 2. The lowest BCUT2D eigenvalue weighted by atomic mass is 10.1. The summed E-state index contributed by atoms with van der Waals surface area (Å²) in [6, 6.07) is 7.79. The predicted octanol–water partition coefficient (Wildman–Crippen LogP) is 1.90. The van der Waals surface area contributed by atoms with E-state index in [1.807, 2.05) is 45.0 Å². The maximum Gasteiger partial charge on any atom is 0.224 e. The fourth-order valence-electron chi connectivity index (χ4n) is 2.49. The van der Waals surface area contributed by atoms with E-state index in [1.165, 1.54) is 0 Å². The Morgan fingerprint density at radius 1 is 1.13 bits per heavy atom. The Balaban J connectivity index is 1.71. The third-order valence-electron chi connectivity index (χ3n) is 3.83. The fraction of sp³-hybridized carbons (Fsp3) is 0.556. The van der Waals surface area contributed by atoms with E-state index in [9.17, 15) is 9.59 Å². The number of methoxy groups -OCH3 is 1. The fourth-order valence-corrected chi connectivity index (χ4v) is 2.49. The van der Waals surface area contributed by atoms with Gasteiger partial charge in [0.25, 0.3) is 0 Å². The number of hydrogen-bond acceptors (Lipinski definition) is 3. The molecule has 2 atom stereocenters. The molecule has 2 N–H and O–H groups in total. The van der Waals surface area contributed by atoms with Crippen LogP contribution in [0.2, 0.25) is 0 Å². The SMILES string of the molecule is COc1ccc(CCNC(=O)C2CC2C(=O)NC(C)(C)C)cc1. The Kier molecular flexibility index (Phi) is 5.29. The Morgan fingerprint density at radius 3 is 2.30 bits per heavy atom. The molecule has 0 aliphatic heterocycles. The quantitative estimate of drug-likeness (QED) is 0.842. The van der Waals surface area contributed by atoms with Gasteiger partial charge in [0.1, 0.15) is 5.75 Å². The van der Waals surface area contributed by atoms with Crippen molar-refractivity contribution >= 4 is 11.8 Å². The van der Waals surface area contributed by atoms with Gasteiger partial charge < -0.3 is 15.4 Å². The van der Waals surface area contributed by atoms with Crippen molar-refractivity contribution in [3.05, 3.63) is 29.8 Å². The molecule has 0 saturated heterocycles. The van der Waals surface area contributed by atoms with Crippen molar-refractivity contribution in [2.75, 3.05) is 13.7 Å². The van der Waals surface area contributed by atoms with E-state index in [-0.39, 0.29) is 29.2 Å². The molecule has 2 amide bonds. The lowest BCUT2D eigenvalue weighted by Crippen LogP contribution is -2.42. The van der Waals surface area contributed by atoms with E-state index < -0.39 is 0 Å². The van der Waals surface area contributed by atoms with Gasteiger partial charge >= 0.3 is 0 Å². The van der Waals surface area contributed by atoms with Crippen molar-refractivity contribution in [3.63, 3.8) is 0 Å². The highest BCUT2D eigenvalue weighted by atomic mass is 16.5. The molecule has 2 rings (SSSR count). The van der Waals surface area contributed by atoms with Gasteiger partial charge in [0, 0.05) is 12.1 Å². The van der Waals surface area contributed by atoms with E-state index in [4.69, 9.17) is 4.74 Å². The summed E-state index contributed by atoms with van der Waals surface area (Å²) >= 11 is 0. The van der Waals surface area contributed by atoms with Crippen LogP contribution in [0, 0.1) is 11.8 Å². The Morgan fingerprint density at radius 2 is 1.74 bits per heavy atom. The van der Waals surface area contributed by atoms with Gasteiger partial charge in [-0.25, -0.2) is 0 Å². The third kappa shape index (κ3) is 5.27. The number of amides is 2. The van der Waals surface area contributed by atoms with E-state index in [2.05, 4.69) is 10.6 Å². The van der Waals surface area contributed by atoms with E-state index >= 15 is 0 Å². The van der Waals surface area contributed by atoms with E-state index in [1.54, 1.807) is 7.11 Å². The lowest BCUT2D eigenvalue weighted by molar-refractivity contribution is -0.128. The summed E-state index contributed by atoms with van der Waals surface area (Å²) in [5, 5.41) is 5.85. The first-order chi connectivity index (χ1) is 10.8. The van der Waals surface area contributed by atoms with Crippen molar-refractivity contribution in [2.45, 2.75) is 39.2 Å². The molecule has 1 aliphatic rings. The highest BCUT2D eigenvalue weighted by molar-refractivity contribution is 5.92. The first-order valence-electron chi connectivity index (χ1n) is 8.03. The second-order valence-electron chi connectivity index (χ2n) is 7.08. The smallest absolute Gasteiger partial charge is 0.224 e. The number of hydrogen-bond donors (Lipinski definition) is 2. The average molecular weight is 318 g/mol. The monoisotopic (exact) mass is 318 g/mol. The Hall–Kier alpha value is -2.04. The van der Waals surface area contributed by atoms with Gasteiger partial charge in [-0.2, -0.15) is 0 Å². The summed E-state index contributed by atoms with van der Waals surface area (Å²) < 4.78 is 5.11. The van der Waals surface area contributed by atoms with E-state index in [0.29, 0.717) is 13.0 Å². The maximum atomic E-state index is 12.1. The van der Waals surface area contributed by atoms with Crippen LogP contribution < -0.4 is 15.4 Å². The average Bonchev–Trinajstić information content (AvgIpc) is 3.27. The molecule has 0 spiro atoms. The van der Waals surface area contributed by atoms with Crippen molar-refractivity contribution in [2.24, 2.45) is 11.8 Å². The van der Waals surface area contributed by atoms with Gasteiger partial charge in [0.15, 0.2) is 0 Å². The largest absolute Gasteiger partial charge is 0.497 e. The molecule has 1 aromatic carbocycles. The van der Waals surface area contributed by atoms with Gasteiger partial charge in [0.05, 0.1) is 18.9 Å². The molecule has 2 unspecified atom stereocenters. The molecule has 23 heavy (non-hydrogen) atoms. The van der Waals surface area contributed by atoms with Crippen molar-refractivity contribution in [1.82, 2.24) is 10.6 Å². The standard InChI is InChI=1S/C18H26N2O3/c1-18(2,3)20-17(22)15-11-14(15)16(21)19-10-9-12-5-7-13(23-4)8-6-12/h5-8,14-15H,9-11H2,1-4H3,(H,19,21)(H,20,22). The first kappa shape index (κ1) is 17.3. The van der Waals surface area contributed by atoms with Crippen molar-refractivity contribution in [1.29, 1.82) is 0 Å². The van der Waals surface area contributed by atoms with Crippen LogP contribution in [0.4, 0.5) is 0 Å². The zero-order valence-electron chi connectivity index (χ0n) is 14.3. The highest BCUT2D eigenvalue weighted by Gasteiger charge is 2.48. The molecule has 0 heterocycles. The predicted molar refractivity (Wildman–Crippen MR) is 89.2 cm³/mol. The van der Waals surface area contributed by atoms with Gasteiger partial charge in [-0.1, -0.05) is 12.1 Å². The molecule has 1 saturated carbocycles. The molecule has 5 heteroatoms. The second-order valence-corrected chi connectivity index (χ2v) is 7.08. The first-order valence-corrected chi connectivity index (χ1v) is 8.03. The Labute approximate surface area is 137 Å². The molecule has 126 valence electrons. The van der Waals surface area contributed by atoms with Gasteiger partial charge in [-0.05, 0) is 51.3 Å². The van der Waals surface area contributed by atoms with Crippen LogP contribution in [-0.4, -0.2) is 31.0 Å². The summed E-state index contributed by atoms with van der Waals surface area (Å²) in [6.07, 6.45) is 1.41. The highest BCUT2D eigenvalue weighted by Crippen LogP contribution is 2.39. The number of rotatable bonds is 6. The minimum Gasteiger partial charge on any atom is -0.497 e. The van der Waals surface area contributed by atoms with Crippen LogP contribution in [-0.2, 0) is 16.0 Å². The summed E-state index contributed by atoms with van der Waals surface area (Å²) in [7, 11) is 1.64. The van der Waals surface area contributed by atoms with Crippen LogP contribution >= 0.6 is 0 Å². The molecule has 1 fully saturated rings. The van der Waals surface area contributed by atoms with Crippen LogP contribution in [0.1, 0.15) is 32.8 Å². The third-order valence-corrected chi connectivity index (χ3v) is 3.83. The minimum atomic E-state index is -0.255. The normalized spacial score (nSPS) is 19.8. The summed E-state index contributed by atoms with van der Waals surface area (Å²) in [6.45, 7) is 6.40. The van der Waals surface area contributed by atoms with Gasteiger partial charge in [-0.3, -0.25) is 9.59 Å². The molecule has 1 aliphatic carbocycles. The van der Waals surface area contributed by atoms with E-state index in [0.717, 1.165) is 17.7 Å². The van der Waals surface area contributed by atoms with Crippen LogP contribution in [0.15, 0.2) is 24.3 Å². The lowest BCUT2D eigenvalue weighted by Gasteiger charge is -2.20. The van der Waals surface area contributed by atoms with Crippen LogP contribution in [0.3, 0.4) is 0 Å². The molecule has 0 radical (unpaired) electrons. The number of benzene rings is 1. The van der Waals surface area contributed by atoms with Gasteiger partial charge in [-0.15, -0.1) is 0 Å². The molecular weight excluding hydrogens is 292 g/mol. The maximum absolute atomic E-state index is 12.1. The van der Waals surface area contributed by atoms with Gasteiger partial charge in [0.2, 0.25) is 11.8 Å². The molecular formula is C18H26N2O3. The summed E-state index contributed by atoms with van der Waals surface area (Å²) in [4.78, 5) is 24.1. The molecule has 5 nitrogen and oxygen atoms in total. The molecule has 0 aromatic heterocycles. The second kappa shape index (κ2) is 7.02. The minimum absolute atomic E-state index is 0.0206. The topological polar surface area (TPSA) is 67.4 Å². The number of carbonyl (C=O) groups is 2. The van der Waals surface area contributed by atoms with Crippen molar-refractivity contribution in [3.8, 4) is 5.75 Å². The summed E-state index contributed by atoms with van der Waals surface area (Å²) in [5.74, 6) is 0.437. The molecule has 1 aromatic rings.